The molecule has 1 unspecified atom stereocenters. The molecule has 1 aliphatic rings. The molecule has 1 aromatic heterocycles. The summed E-state index contributed by atoms with van der Waals surface area (Å²) in [6, 6.07) is 0. The molecule has 80 valence electrons. The van der Waals surface area contributed by atoms with E-state index in [1.54, 1.807) is 0 Å². The molecular weight excluding hydrogens is 192 g/mol. The van der Waals surface area contributed by atoms with Crippen LogP contribution in [-0.4, -0.2) is 22.4 Å². The predicted octanol–water partition coefficient (Wildman–Crippen LogP) is 1.06. The molecule has 2 N–H and O–H groups in total. The van der Waals surface area contributed by atoms with Crippen LogP contribution < -0.4 is 5.32 Å². The normalized spacial score (nSPS) is 18.9. The highest BCUT2D eigenvalue weighted by atomic mass is 16.5. The van der Waals surface area contributed by atoms with Crippen LogP contribution in [0.3, 0.4) is 0 Å². The largest absolute Gasteiger partial charge is 0.353 e. The molecule has 2 heterocycles. The number of ether oxygens (including phenoxy) is 1. The van der Waals surface area contributed by atoms with Gasteiger partial charge >= 0.3 is 0 Å². The van der Waals surface area contributed by atoms with E-state index in [1.165, 1.54) is 0 Å². The van der Waals surface area contributed by atoms with E-state index in [2.05, 4.69) is 15.3 Å². The molecule has 5 heteroatoms. The van der Waals surface area contributed by atoms with Crippen LogP contribution in [0.1, 0.15) is 35.9 Å². The first-order chi connectivity index (χ1) is 7.13. The summed E-state index contributed by atoms with van der Waals surface area (Å²) in [5, 5.41) is 10.6. The van der Waals surface area contributed by atoms with Gasteiger partial charge < -0.3 is 10.1 Å². The predicted molar refractivity (Wildman–Crippen MR) is 55.8 cm³/mol. The average molecular weight is 206 g/mol. The van der Waals surface area contributed by atoms with Crippen LogP contribution in [0.15, 0.2) is 0 Å². The molecule has 1 aromatic rings. The summed E-state index contributed by atoms with van der Waals surface area (Å²) in [5.41, 5.74) is 3.08. The molecule has 1 atom stereocenters. The van der Waals surface area contributed by atoms with E-state index in [1.807, 2.05) is 20.8 Å². The number of amidine groups is 1. The molecule has 0 saturated carbocycles. The third-order valence-corrected chi connectivity index (χ3v) is 2.43. The lowest BCUT2D eigenvalue weighted by molar-refractivity contribution is 0.0527. The van der Waals surface area contributed by atoms with E-state index >= 15 is 0 Å². The lowest BCUT2D eigenvalue weighted by atomic mass is 10.2. The van der Waals surface area contributed by atoms with E-state index < -0.39 is 0 Å². The zero-order valence-corrected chi connectivity index (χ0v) is 9.09. The van der Waals surface area contributed by atoms with Gasteiger partial charge in [-0.05, 0) is 20.8 Å². The van der Waals surface area contributed by atoms with Crippen LogP contribution in [0.5, 0.6) is 0 Å². The smallest absolute Gasteiger partial charge is 0.174 e. The second kappa shape index (κ2) is 3.58. The van der Waals surface area contributed by atoms with Crippen molar-refractivity contribution in [3.05, 3.63) is 22.8 Å². The van der Waals surface area contributed by atoms with Crippen LogP contribution in [0.25, 0.3) is 0 Å². The van der Waals surface area contributed by atoms with Gasteiger partial charge in [0.25, 0.3) is 0 Å². The standard InChI is InChI=1S/C10H14N4O/c1-4-15-10-8-7(9(11)14-10)12-5(2)6(3)13-8/h10H,4H2,1-3H3,(H2,11,14). The molecule has 0 spiro atoms. The number of hydrogen-bond donors (Lipinski definition) is 2. The van der Waals surface area contributed by atoms with Gasteiger partial charge in [-0.3, -0.25) is 5.41 Å². The number of nitrogens with zero attached hydrogens (tertiary/aromatic N) is 2. The minimum atomic E-state index is -0.315. The maximum absolute atomic E-state index is 7.71. The lowest BCUT2D eigenvalue weighted by Crippen LogP contribution is -2.21. The second-order valence-electron chi connectivity index (χ2n) is 3.48. The highest BCUT2D eigenvalue weighted by Crippen LogP contribution is 2.23. The van der Waals surface area contributed by atoms with E-state index in [-0.39, 0.29) is 6.23 Å². The molecule has 0 bridgehead atoms. The molecule has 0 amide bonds. The second-order valence-corrected chi connectivity index (χ2v) is 3.48. The topological polar surface area (TPSA) is 70.9 Å². The molecule has 0 radical (unpaired) electrons. The maximum atomic E-state index is 7.71. The fourth-order valence-electron chi connectivity index (χ4n) is 1.54. The Hall–Kier alpha value is -1.49. The Morgan fingerprint density at radius 2 is 2.00 bits per heavy atom. The van der Waals surface area contributed by atoms with Gasteiger partial charge in [0.1, 0.15) is 17.2 Å². The number of hydrogen-bond acceptors (Lipinski definition) is 4. The van der Waals surface area contributed by atoms with E-state index in [0.29, 0.717) is 18.1 Å². The lowest BCUT2D eigenvalue weighted by Gasteiger charge is -2.10. The van der Waals surface area contributed by atoms with Crippen molar-refractivity contribution in [1.29, 1.82) is 5.41 Å². The van der Waals surface area contributed by atoms with Gasteiger partial charge in [0.2, 0.25) is 0 Å². The first kappa shape index (κ1) is 10.0. The summed E-state index contributed by atoms with van der Waals surface area (Å²) in [4.78, 5) is 8.75. The Morgan fingerprint density at radius 1 is 1.33 bits per heavy atom. The monoisotopic (exact) mass is 206 g/mol. The zero-order chi connectivity index (χ0) is 11.0. The SMILES string of the molecule is CCOC1NC(=N)c2nc(C)c(C)nc21. The number of rotatable bonds is 2. The molecule has 1 aliphatic heterocycles. The third-order valence-electron chi connectivity index (χ3n) is 2.43. The molecule has 0 fully saturated rings. The van der Waals surface area contributed by atoms with Gasteiger partial charge in [-0.2, -0.15) is 0 Å². The minimum absolute atomic E-state index is 0.291. The summed E-state index contributed by atoms with van der Waals surface area (Å²) in [6.45, 7) is 6.30. The van der Waals surface area contributed by atoms with Gasteiger partial charge in [-0.1, -0.05) is 0 Å². The summed E-state index contributed by atoms with van der Waals surface area (Å²) in [6.07, 6.45) is -0.315. The molecule has 0 saturated heterocycles. The van der Waals surface area contributed by atoms with Crippen molar-refractivity contribution in [1.82, 2.24) is 15.3 Å². The molecule has 0 aliphatic carbocycles. The first-order valence-corrected chi connectivity index (χ1v) is 4.95. The highest BCUT2D eigenvalue weighted by molar-refractivity contribution is 5.98. The van der Waals surface area contributed by atoms with Crippen LogP contribution in [-0.2, 0) is 4.74 Å². The fraction of sp³-hybridized carbons (Fsp3) is 0.500. The number of aromatic nitrogens is 2. The van der Waals surface area contributed by atoms with E-state index in [0.717, 1.165) is 17.1 Å². The van der Waals surface area contributed by atoms with Crippen molar-refractivity contribution < 1.29 is 4.74 Å². The minimum Gasteiger partial charge on any atom is -0.353 e. The fourth-order valence-corrected chi connectivity index (χ4v) is 1.54. The number of aryl methyl sites for hydroxylation is 2. The van der Waals surface area contributed by atoms with Crippen molar-refractivity contribution in [3.8, 4) is 0 Å². The summed E-state index contributed by atoms with van der Waals surface area (Å²) in [5.74, 6) is 0.291. The summed E-state index contributed by atoms with van der Waals surface area (Å²) >= 11 is 0. The number of fused-ring (bicyclic) bond motifs is 1. The molecule has 2 rings (SSSR count). The maximum Gasteiger partial charge on any atom is 0.174 e. The van der Waals surface area contributed by atoms with Crippen molar-refractivity contribution in [3.63, 3.8) is 0 Å². The van der Waals surface area contributed by atoms with Crippen LogP contribution in [0.4, 0.5) is 0 Å². The van der Waals surface area contributed by atoms with E-state index in [9.17, 15) is 0 Å². The Labute approximate surface area is 88.4 Å². The number of nitrogens with one attached hydrogen (secondary N) is 2. The zero-order valence-electron chi connectivity index (χ0n) is 9.09. The van der Waals surface area contributed by atoms with Crippen molar-refractivity contribution >= 4 is 5.84 Å². The van der Waals surface area contributed by atoms with Crippen molar-refractivity contribution in [2.45, 2.75) is 27.0 Å². The molecule has 5 nitrogen and oxygen atoms in total. The molecular formula is C10H14N4O. The van der Waals surface area contributed by atoms with E-state index in [4.69, 9.17) is 10.1 Å². The van der Waals surface area contributed by atoms with Crippen molar-refractivity contribution in [2.75, 3.05) is 6.61 Å². The summed E-state index contributed by atoms with van der Waals surface area (Å²) < 4.78 is 5.44. The molecule has 15 heavy (non-hydrogen) atoms. The summed E-state index contributed by atoms with van der Waals surface area (Å²) in [7, 11) is 0. The van der Waals surface area contributed by atoms with Gasteiger partial charge in [-0.15, -0.1) is 0 Å². The average Bonchev–Trinajstić information content (AvgIpc) is 2.46. The van der Waals surface area contributed by atoms with Gasteiger partial charge in [0, 0.05) is 6.61 Å². The van der Waals surface area contributed by atoms with Crippen LogP contribution in [0.2, 0.25) is 0 Å². The Kier molecular flexibility index (Phi) is 2.40. The van der Waals surface area contributed by atoms with Crippen LogP contribution in [0, 0.1) is 19.3 Å². The van der Waals surface area contributed by atoms with Crippen LogP contribution >= 0.6 is 0 Å². The highest BCUT2D eigenvalue weighted by Gasteiger charge is 2.30. The molecule has 0 aromatic carbocycles. The van der Waals surface area contributed by atoms with Gasteiger partial charge in [0.05, 0.1) is 11.4 Å². The Morgan fingerprint density at radius 3 is 2.67 bits per heavy atom. The third kappa shape index (κ3) is 1.59. The quantitative estimate of drug-likeness (QED) is 0.759. The first-order valence-electron chi connectivity index (χ1n) is 4.95. The van der Waals surface area contributed by atoms with Crippen molar-refractivity contribution in [2.24, 2.45) is 0 Å². The van der Waals surface area contributed by atoms with Gasteiger partial charge in [-0.25, -0.2) is 9.97 Å². The van der Waals surface area contributed by atoms with Gasteiger partial charge in [0.15, 0.2) is 6.23 Å². The Bertz CT molecular complexity index is 416. The Balaban J connectivity index is 2.46.